The molecule has 1 aromatic carbocycles. The number of nitrogens with zero attached hydrogens (tertiary/aromatic N) is 1. The molecule has 3 nitrogen and oxygen atoms in total. The summed E-state index contributed by atoms with van der Waals surface area (Å²) in [6.07, 6.45) is 0.0498. The number of carbonyl (C=O) groups is 1. The van der Waals surface area contributed by atoms with Gasteiger partial charge in [0, 0.05) is 0 Å². The molecule has 0 bridgehead atoms. The number of hydrogen-bond donors (Lipinski definition) is 0. The molecule has 0 aliphatic rings. The van der Waals surface area contributed by atoms with Crippen molar-refractivity contribution >= 4 is 6.29 Å². The van der Waals surface area contributed by atoms with E-state index in [0.29, 0.717) is 0 Å². The third kappa shape index (κ3) is 2.47. The van der Waals surface area contributed by atoms with Gasteiger partial charge in [-0.3, -0.25) is 4.79 Å². The van der Waals surface area contributed by atoms with Crippen molar-refractivity contribution in [2.45, 2.75) is 6.61 Å². The van der Waals surface area contributed by atoms with Gasteiger partial charge in [-0.1, -0.05) is 0 Å². The first-order chi connectivity index (χ1) is 7.08. The molecule has 0 unspecified atom stereocenters. The van der Waals surface area contributed by atoms with E-state index in [9.17, 15) is 18.0 Å². The number of hydrogen-bond acceptors (Lipinski definition) is 3. The number of alkyl halides is 2. The molecule has 0 saturated carbocycles. The number of benzene rings is 1. The second kappa shape index (κ2) is 4.46. The summed E-state index contributed by atoms with van der Waals surface area (Å²) in [6, 6.07) is 3.19. The zero-order valence-electron chi connectivity index (χ0n) is 7.21. The molecular weight excluding hydrogens is 211 g/mol. The van der Waals surface area contributed by atoms with Crippen molar-refractivity contribution in [1.82, 2.24) is 0 Å². The molecule has 0 heterocycles. The molecule has 0 aliphatic carbocycles. The Morgan fingerprint density at radius 1 is 1.47 bits per heavy atom. The van der Waals surface area contributed by atoms with Crippen LogP contribution in [-0.4, -0.2) is 12.9 Å². The summed E-state index contributed by atoms with van der Waals surface area (Å²) in [5.74, 6) is -1.71. The van der Waals surface area contributed by atoms with Crippen molar-refractivity contribution < 1.29 is 22.7 Å². The van der Waals surface area contributed by atoms with Gasteiger partial charge in [-0.2, -0.15) is 14.0 Å². The fraction of sp³-hybridized carbons (Fsp3) is 0.111. The van der Waals surface area contributed by atoms with Crippen LogP contribution in [0, 0.1) is 17.1 Å². The standard InChI is InChI=1S/C9H4F3NO2/c10-7-1-5(3-13)2-8(6(7)4-14)15-9(11)12/h1-2,4,9H. The fourth-order valence-corrected chi connectivity index (χ4v) is 0.965. The largest absolute Gasteiger partial charge is 0.434 e. The van der Waals surface area contributed by atoms with E-state index in [0.717, 1.165) is 12.1 Å². The zero-order chi connectivity index (χ0) is 11.4. The van der Waals surface area contributed by atoms with Gasteiger partial charge in [0.25, 0.3) is 0 Å². The lowest BCUT2D eigenvalue weighted by atomic mass is 10.1. The molecule has 0 amide bonds. The molecular formula is C9H4F3NO2. The third-order valence-corrected chi connectivity index (χ3v) is 1.55. The van der Waals surface area contributed by atoms with Crippen LogP contribution >= 0.6 is 0 Å². The van der Waals surface area contributed by atoms with Crippen molar-refractivity contribution in [3.8, 4) is 11.8 Å². The minimum Gasteiger partial charge on any atom is -0.434 e. The van der Waals surface area contributed by atoms with Crippen LogP contribution in [0.3, 0.4) is 0 Å². The summed E-state index contributed by atoms with van der Waals surface area (Å²) in [6.45, 7) is -3.18. The van der Waals surface area contributed by atoms with E-state index in [-0.39, 0.29) is 11.8 Å². The number of ether oxygens (including phenoxy) is 1. The van der Waals surface area contributed by atoms with Gasteiger partial charge in [0.05, 0.1) is 17.2 Å². The van der Waals surface area contributed by atoms with E-state index >= 15 is 0 Å². The van der Waals surface area contributed by atoms with E-state index in [1.165, 1.54) is 0 Å². The highest BCUT2D eigenvalue weighted by molar-refractivity contribution is 5.80. The highest BCUT2D eigenvalue weighted by atomic mass is 19.3. The molecule has 15 heavy (non-hydrogen) atoms. The maximum Gasteiger partial charge on any atom is 0.387 e. The van der Waals surface area contributed by atoms with Gasteiger partial charge >= 0.3 is 6.61 Å². The first-order valence-corrected chi connectivity index (χ1v) is 3.72. The molecule has 0 atom stereocenters. The van der Waals surface area contributed by atoms with Gasteiger partial charge in [-0.05, 0) is 12.1 Å². The lowest BCUT2D eigenvalue weighted by Crippen LogP contribution is -2.06. The molecule has 0 fully saturated rings. The summed E-state index contributed by atoms with van der Waals surface area (Å²) >= 11 is 0. The van der Waals surface area contributed by atoms with Crippen molar-refractivity contribution in [2.24, 2.45) is 0 Å². The van der Waals surface area contributed by atoms with Gasteiger partial charge in [0.15, 0.2) is 6.29 Å². The summed E-state index contributed by atoms with van der Waals surface area (Å²) in [5.41, 5.74) is -0.831. The monoisotopic (exact) mass is 215 g/mol. The highest BCUT2D eigenvalue weighted by Crippen LogP contribution is 2.23. The second-order valence-corrected chi connectivity index (χ2v) is 2.48. The van der Waals surface area contributed by atoms with E-state index in [1.807, 2.05) is 0 Å². The molecule has 0 radical (unpaired) electrons. The van der Waals surface area contributed by atoms with Crippen LogP contribution in [0.5, 0.6) is 5.75 Å². The average molecular weight is 215 g/mol. The summed E-state index contributed by atoms with van der Waals surface area (Å²) in [5, 5.41) is 8.44. The Morgan fingerprint density at radius 2 is 2.13 bits per heavy atom. The number of halogens is 3. The number of carbonyl (C=O) groups excluding carboxylic acids is 1. The maximum atomic E-state index is 13.0. The van der Waals surface area contributed by atoms with Crippen LogP contribution < -0.4 is 4.74 Å². The molecule has 6 heteroatoms. The summed E-state index contributed by atoms with van der Waals surface area (Å²) in [4.78, 5) is 10.4. The first kappa shape index (κ1) is 11.0. The molecule has 0 aromatic heterocycles. The van der Waals surface area contributed by atoms with E-state index < -0.39 is 23.7 Å². The van der Waals surface area contributed by atoms with Crippen LogP contribution in [0.25, 0.3) is 0 Å². The van der Waals surface area contributed by atoms with Gasteiger partial charge < -0.3 is 4.74 Å². The number of aldehydes is 1. The van der Waals surface area contributed by atoms with Crippen molar-refractivity contribution in [3.63, 3.8) is 0 Å². The average Bonchev–Trinajstić information content (AvgIpc) is 2.16. The SMILES string of the molecule is N#Cc1cc(F)c(C=O)c(OC(F)F)c1. The normalized spacial score (nSPS) is 9.80. The van der Waals surface area contributed by atoms with Gasteiger partial charge in [0.1, 0.15) is 11.6 Å². The van der Waals surface area contributed by atoms with E-state index in [4.69, 9.17) is 5.26 Å². The first-order valence-electron chi connectivity index (χ1n) is 3.72. The molecule has 1 rings (SSSR count). The Balaban J connectivity index is 3.27. The molecule has 78 valence electrons. The quantitative estimate of drug-likeness (QED) is 0.725. The third-order valence-electron chi connectivity index (χ3n) is 1.55. The number of nitriles is 1. The van der Waals surface area contributed by atoms with Crippen LogP contribution in [0.15, 0.2) is 12.1 Å². The predicted molar refractivity (Wildman–Crippen MR) is 43.1 cm³/mol. The van der Waals surface area contributed by atoms with Crippen molar-refractivity contribution in [2.75, 3.05) is 0 Å². The molecule has 0 saturated heterocycles. The molecule has 0 N–H and O–H groups in total. The minimum absolute atomic E-state index is 0.0498. The van der Waals surface area contributed by atoms with Crippen molar-refractivity contribution in [1.29, 1.82) is 5.26 Å². The smallest absolute Gasteiger partial charge is 0.387 e. The van der Waals surface area contributed by atoms with Crippen LogP contribution in [0.2, 0.25) is 0 Å². The topological polar surface area (TPSA) is 50.1 Å². The van der Waals surface area contributed by atoms with Gasteiger partial charge in [0.2, 0.25) is 0 Å². The number of rotatable bonds is 3. The van der Waals surface area contributed by atoms with Crippen LogP contribution in [0.1, 0.15) is 15.9 Å². The van der Waals surface area contributed by atoms with Crippen molar-refractivity contribution in [3.05, 3.63) is 29.1 Å². The molecule has 0 spiro atoms. The molecule has 0 aliphatic heterocycles. The highest BCUT2D eigenvalue weighted by Gasteiger charge is 2.15. The maximum absolute atomic E-state index is 13.0. The lowest BCUT2D eigenvalue weighted by Gasteiger charge is -2.07. The minimum atomic E-state index is -3.18. The fourth-order valence-electron chi connectivity index (χ4n) is 0.965. The predicted octanol–water partition coefficient (Wildman–Crippen LogP) is 2.11. The zero-order valence-corrected chi connectivity index (χ0v) is 7.21. The Morgan fingerprint density at radius 3 is 2.60 bits per heavy atom. The van der Waals surface area contributed by atoms with E-state index in [1.54, 1.807) is 6.07 Å². The van der Waals surface area contributed by atoms with Crippen LogP contribution in [-0.2, 0) is 0 Å². The van der Waals surface area contributed by atoms with Gasteiger partial charge in [-0.25, -0.2) is 4.39 Å². The lowest BCUT2D eigenvalue weighted by molar-refractivity contribution is -0.0502. The Hall–Kier alpha value is -2.03. The van der Waals surface area contributed by atoms with E-state index in [2.05, 4.69) is 4.74 Å². The van der Waals surface area contributed by atoms with Crippen LogP contribution in [0.4, 0.5) is 13.2 Å². The second-order valence-electron chi connectivity index (χ2n) is 2.48. The summed E-state index contributed by atoms with van der Waals surface area (Å²) in [7, 11) is 0. The Bertz CT molecular complexity index is 426. The summed E-state index contributed by atoms with van der Waals surface area (Å²) < 4.78 is 40.7. The Kier molecular flexibility index (Phi) is 3.29. The molecule has 1 aromatic rings. The van der Waals surface area contributed by atoms with Gasteiger partial charge in [-0.15, -0.1) is 0 Å². The Labute approximate surface area is 82.7 Å².